The molecule has 1 aromatic rings. The predicted octanol–water partition coefficient (Wildman–Crippen LogP) is 1.72. The van der Waals surface area contributed by atoms with Gasteiger partial charge in [0.05, 0.1) is 4.90 Å². The summed E-state index contributed by atoms with van der Waals surface area (Å²) in [6.07, 6.45) is 1.40. The maximum Gasteiger partial charge on any atom is 0.243 e. The first-order chi connectivity index (χ1) is 8.06. The van der Waals surface area contributed by atoms with Crippen LogP contribution in [0.15, 0.2) is 23.2 Å². The lowest BCUT2D eigenvalue weighted by Gasteiger charge is -2.34. The maximum atomic E-state index is 12.4. The molecule has 0 aliphatic heterocycles. The summed E-state index contributed by atoms with van der Waals surface area (Å²) in [7, 11) is -1.95. The highest BCUT2D eigenvalue weighted by molar-refractivity contribution is 7.89. The summed E-state index contributed by atoms with van der Waals surface area (Å²) in [5.74, 6) is 0.202. The minimum Gasteiger partial charge on any atom is -0.384 e. The van der Waals surface area contributed by atoms with E-state index in [1.807, 2.05) is 27.7 Å². The van der Waals surface area contributed by atoms with Gasteiger partial charge in [-0.3, -0.25) is 0 Å². The van der Waals surface area contributed by atoms with Crippen LogP contribution in [-0.4, -0.2) is 30.8 Å². The molecule has 2 N–H and O–H groups in total. The van der Waals surface area contributed by atoms with Gasteiger partial charge in [0.1, 0.15) is 5.82 Å². The molecule has 0 aliphatic carbocycles. The number of sulfonamides is 1. The van der Waals surface area contributed by atoms with E-state index in [9.17, 15) is 8.42 Å². The van der Waals surface area contributed by atoms with Crippen LogP contribution < -0.4 is 5.73 Å². The lowest BCUT2D eigenvalue weighted by atomic mass is 9.88. The molecule has 0 saturated heterocycles. The number of nitrogens with two attached hydrogens (primary N) is 1. The molecule has 0 fully saturated rings. The Morgan fingerprint density at radius 1 is 1.39 bits per heavy atom. The number of hydrogen-bond donors (Lipinski definition) is 1. The Hall–Kier alpha value is -1.14. The average molecular weight is 271 g/mol. The highest BCUT2D eigenvalue weighted by Gasteiger charge is 2.32. The summed E-state index contributed by atoms with van der Waals surface area (Å²) in [5.41, 5.74) is 5.38. The summed E-state index contributed by atoms with van der Waals surface area (Å²) in [4.78, 5) is 3.98. The van der Waals surface area contributed by atoms with Gasteiger partial charge in [-0.25, -0.2) is 13.4 Å². The maximum absolute atomic E-state index is 12.4. The zero-order valence-electron chi connectivity index (χ0n) is 11.5. The lowest BCUT2D eigenvalue weighted by Crippen LogP contribution is -2.42. The number of rotatable bonds is 3. The molecule has 1 unspecified atom stereocenters. The van der Waals surface area contributed by atoms with E-state index in [2.05, 4.69) is 4.98 Å². The monoisotopic (exact) mass is 271 g/mol. The van der Waals surface area contributed by atoms with Gasteiger partial charge in [0.15, 0.2) is 0 Å². The first kappa shape index (κ1) is 14.9. The molecule has 0 amide bonds. The molecule has 0 bridgehead atoms. The van der Waals surface area contributed by atoms with Crippen LogP contribution in [0, 0.1) is 5.41 Å². The molecule has 0 radical (unpaired) electrons. The summed E-state index contributed by atoms with van der Waals surface area (Å²) >= 11 is 0. The molecule has 5 nitrogen and oxygen atoms in total. The first-order valence-corrected chi connectivity index (χ1v) is 7.20. The number of nitrogen functional groups attached to an aromatic ring is 1. The quantitative estimate of drug-likeness (QED) is 0.908. The van der Waals surface area contributed by atoms with Crippen molar-refractivity contribution in [1.29, 1.82) is 0 Å². The minimum absolute atomic E-state index is 0.128. The molecular formula is C12H21N3O2S. The van der Waals surface area contributed by atoms with Crippen LogP contribution in [0.5, 0.6) is 0 Å². The van der Waals surface area contributed by atoms with Crippen LogP contribution >= 0.6 is 0 Å². The Balaban J connectivity index is 3.15. The normalized spacial score (nSPS) is 14.8. The number of nitrogens with zero attached hydrogens (tertiary/aromatic N) is 2. The van der Waals surface area contributed by atoms with Crippen molar-refractivity contribution in [3.8, 4) is 0 Å². The molecule has 1 heterocycles. The van der Waals surface area contributed by atoms with Crippen molar-refractivity contribution in [3.05, 3.63) is 18.3 Å². The smallest absolute Gasteiger partial charge is 0.243 e. The summed E-state index contributed by atoms with van der Waals surface area (Å²) in [5, 5.41) is 0. The number of anilines is 1. The summed E-state index contributed by atoms with van der Waals surface area (Å²) in [6.45, 7) is 7.90. The van der Waals surface area contributed by atoms with Gasteiger partial charge in [-0.15, -0.1) is 0 Å². The van der Waals surface area contributed by atoms with Crippen LogP contribution in [0.2, 0.25) is 0 Å². The molecule has 1 rings (SSSR count). The van der Waals surface area contributed by atoms with Crippen LogP contribution in [-0.2, 0) is 10.0 Å². The highest BCUT2D eigenvalue weighted by Crippen LogP contribution is 2.27. The van der Waals surface area contributed by atoms with E-state index in [-0.39, 0.29) is 22.2 Å². The Labute approximate surface area is 109 Å². The van der Waals surface area contributed by atoms with Crippen molar-refractivity contribution < 1.29 is 8.42 Å². The largest absolute Gasteiger partial charge is 0.384 e. The van der Waals surface area contributed by atoms with Crippen LogP contribution in [0.3, 0.4) is 0 Å². The lowest BCUT2D eigenvalue weighted by molar-refractivity contribution is 0.216. The second-order valence-electron chi connectivity index (χ2n) is 5.48. The molecule has 0 aromatic carbocycles. The van der Waals surface area contributed by atoms with E-state index in [4.69, 9.17) is 5.73 Å². The van der Waals surface area contributed by atoms with E-state index in [0.717, 1.165) is 0 Å². The molecule has 1 aromatic heterocycles. The second kappa shape index (κ2) is 4.85. The molecule has 102 valence electrons. The molecular weight excluding hydrogens is 250 g/mol. The average Bonchev–Trinajstić information content (AvgIpc) is 2.25. The van der Waals surface area contributed by atoms with Crippen molar-refractivity contribution >= 4 is 15.8 Å². The fourth-order valence-corrected chi connectivity index (χ4v) is 3.08. The topological polar surface area (TPSA) is 76.3 Å². The van der Waals surface area contributed by atoms with Crippen LogP contribution in [0.1, 0.15) is 27.7 Å². The predicted molar refractivity (Wildman–Crippen MR) is 72.5 cm³/mol. The van der Waals surface area contributed by atoms with Gasteiger partial charge >= 0.3 is 0 Å². The van der Waals surface area contributed by atoms with E-state index < -0.39 is 10.0 Å². The van der Waals surface area contributed by atoms with Gasteiger partial charge in [0.25, 0.3) is 0 Å². The molecule has 1 atom stereocenters. The van der Waals surface area contributed by atoms with Gasteiger partial charge < -0.3 is 5.73 Å². The number of hydrogen-bond acceptors (Lipinski definition) is 4. The van der Waals surface area contributed by atoms with Crippen molar-refractivity contribution in [1.82, 2.24) is 9.29 Å². The van der Waals surface area contributed by atoms with Crippen LogP contribution in [0.25, 0.3) is 0 Å². The number of aromatic nitrogens is 1. The van der Waals surface area contributed by atoms with E-state index in [1.165, 1.54) is 22.6 Å². The van der Waals surface area contributed by atoms with Crippen molar-refractivity contribution in [2.24, 2.45) is 5.41 Å². The molecule has 0 saturated carbocycles. The van der Waals surface area contributed by atoms with Gasteiger partial charge in [0.2, 0.25) is 10.0 Å². The van der Waals surface area contributed by atoms with Crippen LogP contribution in [0.4, 0.5) is 5.82 Å². The molecule has 0 spiro atoms. The van der Waals surface area contributed by atoms with Gasteiger partial charge in [-0.1, -0.05) is 20.8 Å². The van der Waals surface area contributed by atoms with E-state index >= 15 is 0 Å². The molecule has 0 aliphatic rings. The Kier molecular flexibility index (Phi) is 4.02. The Bertz CT molecular complexity index is 520. The number of pyridine rings is 1. The third-order valence-electron chi connectivity index (χ3n) is 3.23. The highest BCUT2D eigenvalue weighted by atomic mass is 32.2. The first-order valence-electron chi connectivity index (χ1n) is 5.76. The summed E-state index contributed by atoms with van der Waals surface area (Å²) < 4.78 is 26.2. The van der Waals surface area contributed by atoms with Crippen molar-refractivity contribution in [3.63, 3.8) is 0 Å². The zero-order chi connectivity index (χ0) is 14.1. The fraction of sp³-hybridized carbons (Fsp3) is 0.583. The van der Waals surface area contributed by atoms with Gasteiger partial charge in [-0.2, -0.15) is 4.31 Å². The third-order valence-corrected chi connectivity index (χ3v) is 5.15. The standard InChI is InChI=1S/C12H21N3O2S/c1-9(12(2,3)4)15(5)18(16,17)10-6-7-14-11(13)8-10/h6-9H,1-5H3,(H2,13,14). The van der Waals surface area contributed by atoms with E-state index in [1.54, 1.807) is 7.05 Å². The van der Waals surface area contributed by atoms with Crippen molar-refractivity contribution in [2.75, 3.05) is 12.8 Å². The van der Waals surface area contributed by atoms with E-state index in [0.29, 0.717) is 0 Å². The Morgan fingerprint density at radius 3 is 2.39 bits per heavy atom. The van der Waals surface area contributed by atoms with Gasteiger partial charge in [-0.05, 0) is 18.4 Å². The third kappa shape index (κ3) is 3.00. The minimum atomic E-state index is -3.53. The summed E-state index contributed by atoms with van der Waals surface area (Å²) in [6, 6.07) is 2.70. The zero-order valence-corrected chi connectivity index (χ0v) is 12.3. The Morgan fingerprint density at radius 2 is 1.94 bits per heavy atom. The second-order valence-corrected chi connectivity index (χ2v) is 7.48. The fourth-order valence-electron chi connectivity index (χ4n) is 1.51. The van der Waals surface area contributed by atoms with Gasteiger partial charge in [0, 0.05) is 25.4 Å². The SMILES string of the molecule is CC(N(C)S(=O)(=O)c1ccnc(N)c1)C(C)(C)C. The molecule has 18 heavy (non-hydrogen) atoms. The van der Waals surface area contributed by atoms with Crippen molar-refractivity contribution in [2.45, 2.75) is 38.6 Å². The molecule has 6 heteroatoms.